The van der Waals surface area contributed by atoms with Crippen LogP contribution in [-0.4, -0.2) is 54.5 Å². The molecule has 4 rings (SSSR count). The Labute approximate surface area is 155 Å². The van der Waals surface area contributed by atoms with Crippen LogP contribution in [0.2, 0.25) is 5.02 Å². The molecule has 1 amide bonds. The Balaban J connectivity index is 1.34. The molecule has 1 atom stereocenters. The zero-order chi connectivity index (χ0) is 17.3. The van der Waals surface area contributed by atoms with Crippen LogP contribution in [0, 0.1) is 5.41 Å². The number of halogens is 1. The van der Waals surface area contributed by atoms with Crippen LogP contribution in [0.15, 0.2) is 24.3 Å². The Morgan fingerprint density at radius 2 is 1.96 bits per heavy atom. The molecule has 0 unspecified atom stereocenters. The number of benzene rings is 1. The van der Waals surface area contributed by atoms with Gasteiger partial charge in [-0.1, -0.05) is 23.7 Å². The third-order valence-corrected chi connectivity index (χ3v) is 6.59. The van der Waals surface area contributed by atoms with Crippen molar-refractivity contribution in [3.05, 3.63) is 34.9 Å². The zero-order valence-corrected chi connectivity index (χ0v) is 15.6. The summed E-state index contributed by atoms with van der Waals surface area (Å²) in [7, 11) is 0. The molecule has 0 aromatic heterocycles. The van der Waals surface area contributed by atoms with E-state index in [0.29, 0.717) is 18.5 Å². The standard InChI is InChI=1S/C20H28ClN3O/c21-17-5-3-16(4-6-17)14-24-15-20(12-19(24)25)7-10-23(11-8-20)18-2-1-9-22-13-18/h3-6,18,22H,1-2,7-15H2/t18-/m0/s1. The van der Waals surface area contributed by atoms with Crippen LogP contribution >= 0.6 is 11.6 Å². The Hall–Kier alpha value is -1.10. The molecule has 3 saturated heterocycles. The van der Waals surface area contributed by atoms with Gasteiger partial charge in [-0.05, 0) is 68.4 Å². The summed E-state index contributed by atoms with van der Waals surface area (Å²) in [6, 6.07) is 8.57. The number of likely N-dealkylation sites (tertiary alicyclic amines) is 2. The third-order valence-electron chi connectivity index (χ3n) is 6.34. The van der Waals surface area contributed by atoms with Crippen molar-refractivity contribution in [3.63, 3.8) is 0 Å². The molecule has 3 aliphatic rings. The summed E-state index contributed by atoms with van der Waals surface area (Å²) in [5.41, 5.74) is 1.38. The smallest absolute Gasteiger partial charge is 0.223 e. The number of nitrogens with one attached hydrogen (secondary N) is 1. The lowest BCUT2D eigenvalue weighted by Crippen LogP contribution is -2.51. The minimum atomic E-state index is 0.210. The molecule has 1 N–H and O–H groups in total. The number of nitrogens with zero attached hydrogens (tertiary/aromatic N) is 2. The highest BCUT2D eigenvalue weighted by atomic mass is 35.5. The van der Waals surface area contributed by atoms with Gasteiger partial charge in [-0.3, -0.25) is 9.69 Å². The molecule has 0 radical (unpaired) electrons. The summed E-state index contributed by atoms with van der Waals surface area (Å²) in [5.74, 6) is 0.322. The van der Waals surface area contributed by atoms with Gasteiger partial charge in [0, 0.05) is 37.1 Å². The van der Waals surface area contributed by atoms with E-state index in [4.69, 9.17) is 11.6 Å². The van der Waals surface area contributed by atoms with Crippen molar-refractivity contribution < 1.29 is 4.79 Å². The maximum absolute atomic E-state index is 12.6. The first-order valence-electron chi connectivity index (χ1n) is 9.61. The molecule has 0 bridgehead atoms. The van der Waals surface area contributed by atoms with E-state index in [9.17, 15) is 4.79 Å². The van der Waals surface area contributed by atoms with Gasteiger partial charge in [0.15, 0.2) is 0 Å². The summed E-state index contributed by atoms with van der Waals surface area (Å²) >= 11 is 5.96. The van der Waals surface area contributed by atoms with Crippen molar-refractivity contribution in [2.75, 3.05) is 32.7 Å². The van der Waals surface area contributed by atoms with Gasteiger partial charge in [-0.25, -0.2) is 0 Å². The van der Waals surface area contributed by atoms with Crippen LogP contribution in [0.5, 0.6) is 0 Å². The predicted octanol–water partition coefficient (Wildman–Crippen LogP) is 2.91. The molecule has 5 heteroatoms. The van der Waals surface area contributed by atoms with Gasteiger partial charge in [0.2, 0.25) is 5.91 Å². The maximum Gasteiger partial charge on any atom is 0.223 e. The highest BCUT2D eigenvalue weighted by molar-refractivity contribution is 6.30. The molecule has 1 spiro atoms. The second kappa shape index (κ2) is 7.26. The molecule has 1 aromatic rings. The van der Waals surface area contributed by atoms with Gasteiger partial charge in [0.05, 0.1) is 0 Å². The van der Waals surface area contributed by atoms with Gasteiger partial charge >= 0.3 is 0 Å². The van der Waals surface area contributed by atoms with E-state index in [-0.39, 0.29) is 5.41 Å². The first-order valence-corrected chi connectivity index (χ1v) is 9.98. The lowest BCUT2D eigenvalue weighted by Gasteiger charge is -2.43. The first-order chi connectivity index (χ1) is 12.1. The predicted molar refractivity (Wildman–Crippen MR) is 101 cm³/mol. The lowest BCUT2D eigenvalue weighted by atomic mass is 9.77. The second-order valence-corrected chi connectivity index (χ2v) is 8.53. The van der Waals surface area contributed by atoms with Crippen molar-refractivity contribution in [2.24, 2.45) is 5.41 Å². The van der Waals surface area contributed by atoms with Gasteiger partial charge in [0.1, 0.15) is 0 Å². The number of rotatable bonds is 3. The molecule has 3 aliphatic heterocycles. The van der Waals surface area contributed by atoms with Crippen molar-refractivity contribution in [1.82, 2.24) is 15.1 Å². The molecule has 0 aliphatic carbocycles. The molecule has 25 heavy (non-hydrogen) atoms. The fraction of sp³-hybridized carbons (Fsp3) is 0.650. The fourth-order valence-corrected chi connectivity index (χ4v) is 4.91. The summed E-state index contributed by atoms with van der Waals surface area (Å²) in [6.45, 7) is 6.24. The SMILES string of the molecule is O=C1CC2(CCN([C@H]3CCCNC3)CC2)CN1Cc1ccc(Cl)cc1. The van der Waals surface area contributed by atoms with Crippen LogP contribution in [0.3, 0.4) is 0 Å². The van der Waals surface area contributed by atoms with Crippen molar-refractivity contribution in [3.8, 4) is 0 Å². The molecule has 3 heterocycles. The third kappa shape index (κ3) is 3.86. The molecule has 0 saturated carbocycles. The largest absolute Gasteiger partial charge is 0.338 e. The monoisotopic (exact) mass is 361 g/mol. The molecule has 4 nitrogen and oxygen atoms in total. The van der Waals surface area contributed by atoms with Gasteiger partial charge in [0.25, 0.3) is 0 Å². The minimum absolute atomic E-state index is 0.210. The van der Waals surface area contributed by atoms with Crippen LogP contribution < -0.4 is 5.32 Å². The van der Waals surface area contributed by atoms with Gasteiger partial charge < -0.3 is 10.2 Å². The number of hydrogen-bond acceptors (Lipinski definition) is 3. The first kappa shape index (κ1) is 17.3. The average Bonchev–Trinajstić information content (AvgIpc) is 2.93. The number of carbonyl (C=O) groups excluding carboxylic acids is 1. The minimum Gasteiger partial charge on any atom is -0.338 e. The van der Waals surface area contributed by atoms with Crippen molar-refractivity contribution in [2.45, 2.75) is 44.7 Å². The van der Waals surface area contributed by atoms with E-state index in [1.165, 1.54) is 24.9 Å². The topological polar surface area (TPSA) is 35.6 Å². The summed E-state index contributed by atoms with van der Waals surface area (Å²) < 4.78 is 0. The Morgan fingerprint density at radius 3 is 2.64 bits per heavy atom. The average molecular weight is 362 g/mol. The van der Waals surface area contributed by atoms with E-state index in [1.54, 1.807) is 0 Å². The molecule has 136 valence electrons. The van der Waals surface area contributed by atoms with E-state index in [0.717, 1.165) is 50.5 Å². The highest BCUT2D eigenvalue weighted by Gasteiger charge is 2.45. The van der Waals surface area contributed by atoms with Crippen LogP contribution in [-0.2, 0) is 11.3 Å². The van der Waals surface area contributed by atoms with Crippen molar-refractivity contribution in [1.29, 1.82) is 0 Å². The number of hydrogen-bond donors (Lipinski definition) is 1. The van der Waals surface area contributed by atoms with Crippen LogP contribution in [0.25, 0.3) is 0 Å². The highest BCUT2D eigenvalue weighted by Crippen LogP contribution is 2.42. The zero-order valence-electron chi connectivity index (χ0n) is 14.8. The van der Waals surface area contributed by atoms with E-state index in [1.807, 2.05) is 24.3 Å². The fourth-order valence-electron chi connectivity index (χ4n) is 4.78. The Kier molecular flexibility index (Phi) is 5.03. The van der Waals surface area contributed by atoms with Gasteiger partial charge in [-0.15, -0.1) is 0 Å². The normalized spacial score (nSPS) is 27.2. The number of amides is 1. The lowest BCUT2D eigenvalue weighted by molar-refractivity contribution is -0.128. The quantitative estimate of drug-likeness (QED) is 0.899. The maximum atomic E-state index is 12.6. The molecule has 1 aromatic carbocycles. The number of carbonyl (C=O) groups is 1. The van der Waals surface area contributed by atoms with Gasteiger partial charge in [-0.2, -0.15) is 0 Å². The van der Waals surface area contributed by atoms with E-state index < -0.39 is 0 Å². The molecular weight excluding hydrogens is 334 g/mol. The van der Waals surface area contributed by atoms with Crippen molar-refractivity contribution >= 4 is 17.5 Å². The Bertz CT molecular complexity index is 604. The summed E-state index contributed by atoms with van der Waals surface area (Å²) in [4.78, 5) is 17.3. The van der Waals surface area contributed by atoms with E-state index in [2.05, 4.69) is 15.1 Å². The van der Waals surface area contributed by atoms with Crippen LogP contribution in [0.4, 0.5) is 0 Å². The van der Waals surface area contributed by atoms with E-state index >= 15 is 0 Å². The van der Waals surface area contributed by atoms with Crippen LogP contribution in [0.1, 0.15) is 37.7 Å². The summed E-state index contributed by atoms with van der Waals surface area (Å²) in [5, 5.41) is 4.27. The number of piperidine rings is 2. The molecular formula is C20H28ClN3O. The summed E-state index contributed by atoms with van der Waals surface area (Å²) in [6.07, 6.45) is 5.66. The Morgan fingerprint density at radius 1 is 1.20 bits per heavy atom. The second-order valence-electron chi connectivity index (χ2n) is 8.09. The molecule has 3 fully saturated rings.